The van der Waals surface area contributed by atoms with E-state index in [1.165, 1.54) is 23.1 Å². The number of thioether (sulfide) groups is 2. The van der Waals surface area contributed by atoms with Gasteiger partial charge >= 0.3 is 0 Å². The van der Waals surface area contributed by atoms with E-state index in [2.05, 4.69) is 20.8 Å². The van der Waals surface area contributed by atoms with Gasteiger partial charge in [0.15, 0.2) is 4.34 Å². The molecule has 0 radical (unpaired) electrons. The summed E-state index contributed by atoms with van der Waals surface area (Å²) in [6, 6.07) is 7.44. The predicted octanol–water partition coefficient (Wildman–Crippen LogP) is 2.19. The summed E-state index contributed by atoms with van der Waals surface area (Å²) in [5.41, 5.74) is 0.828. The third kappa shape index (κ3) is 5.59. The molecule has 1 aliphatic heterocycles. The second kappa shape index (κ2) is 9.75. The monoisotopic (exact) mass is 439 g/mol. The molecule has 12 heteroatoms. The minimum absolute atomic E-state index is 0.171. The first-order chi connectivity index (χ1) is 13.5. The number of methoxy groups -OCH3 is 1. The molecule has 2 N–H and O–H groups in total. The van der Waals surface area contributed by atoms with E-state index in [-0.39, 0.29) is 41.6 Å². The molecule has 3 amide bonds. The summed E-state index contributed by atoms with van der Waals surface area (Å²) in [4.78, 5) is 36.0. The lowest BCUT2D eigenvalue weighted by Gasteiger charge is -2.12. The smallest absolute Gasteiger partial charge is 0.288 e. The van der Waals surface area contributed by atoms with E-state index in [4.69, 9.17) is 4.74 Å². The Kier molecular flexibility index (Phi) is 7.12. The van der Waals surface area contributed by atoms with E-state index < -0.39 is 0 Å². The number of aromatic nitrogens is 2. The van der Waals surface area contributed by atoms with Crippen LogP contribution in [0, 0.1) is 0 Å². The fourth-order valence-electron chi connectivity index (χ4n) is 2.23. The average molecular weight is 440 g/mol. The van der Waals surface area contributed by atoms with Crippen LogP contribution >= 0.6 is 34.9 Å². The molecule has 3 rings (SSSR count). The van der Waals surface area contributed by atoms with Gasteiger partial charge in [0, 0.05) is 24.8 Å². The fourth-order valence-corrected chi connectivity index (χ4v) is 4.58. The van der Waals surface area contributed by atoms with E-state index >= 15 is 0 Å². The number of carbonyl (C=O) groups is 3. The number of amides is 3. The standard InChI is InChI=1S/C16H17N5O4S3/c1-25-11-4-2-3-10(7-11)18-14-19-20-15(28-14)26-8-12(22)17-5-6-21-13(23)9-27-16(21)24/h2-4,7H,5-6,8-9H2,1H3,(H,17,22)(H,18,19). The molecule has 0 saturated carbocycles. The van der Waals surface area contributed by atoms with Crippen molar-refractivity contribution in [2.45, 2.75) is 4.34 Å². The number of anilines is 2. The maximum atomic E-state index is 11.9. The maximum absolute atomic E-state index is 11.9. The molecular weight excluding hydrogens is 422 g/mol. The van der Waals surface area contributed by atoms with Gasteiger partial charge in [-0.2, -0.15) is 0 Å². The molecule has 0 atom stereocenters. The Morgan fingerprint density at radius 1 is 1.36 bits per heavy atom. The molecule has 0 bridgehead atoms. The fraction of sp³-hybridized carbons (Fsp3) is 0.312. The van der Waals surface area contributed by atoms with Crippen LogP contribution in [0.15, 0.2) is 28.6 Å². The van der Waals surface area contributed by atoms with Crippen LogP contribution in [0.3, 0.4) is 0 Å². The molecule has 9 nitrogen and oxygen atoms in total. The summed E-state index contributed by atoms with van der Waals surface area (Å²) < 4.78 is 5.83. The summed E-state index contributed by atoms with van der Waals surface area (Å²) >= 11 is 3.58. The molecule has 2 aromatic rings. The van der Waals surface area contributed by atoms with Crippen LogP contribution in [0.1, 0.15) is 0 Å². The van der Waals surface area contributed by atoms with Gasteiger partial charge < -0.3 is 15.4 Å². The van der Waals surface area contributed by atoms with E-state index in [9.17, 15) is 14.4 Å². The van der Waals surface area contributed by atoms with Crippen LogP contribution in [0.25, 0.3) is 0 Å². The summed E-state index contributed by atoms with van der Waals surface area (Å²) in [5, 5.41) is 14.3. The summed E-state index contributed by atoms with van der Waals surface area (Å²) in [5.74, 6) is 0.658. The maximum Gasteiger partial charge on any atom is 0.288 e. The van der Waals surface area contributed by atoms with Gasteiger partial charge in [-0.25, -0.2) is 0 Å². The second-order valence-corrected chi connectivity index (χ2v) is 8.60. The summed E-state index contributed by atoms with van der Waals surface area (Å²) in [6.45, 7) is 0.421. The highest BCUT2D eigenvalue weighted by Gasteiger charge is 2.29. The molecule has 0 spiro atoms. The molecule has 1 aliphatic rings. The van der Waals surface area contributed by atoms with E-state index in [1.54, 1.807) is 7.11 Å². The SMILES string of the molecule is COc1cccc(Nc2nnc(SCC(=O)NCCN3C(=O)CSC3=O)s2)c1. The van der Waals surface area contributed by atoms with Gasteiger partial charge in [0.05, 0.1) is 18.6 Å². The highest BCUT2D eigenvalue weighted by Crippen LogP contribution is 2.28. The van der Waals surface area contributed by atoms with Gasteiger partial charge in [0.2, 0.25) is 16.9 Å². The quantitative estimate of drug-likeness (QED) is 0.568. The molecule has 0 aliphatic carbocycles. The van der Waals surface area contributed by atoms with Crippen molar-refractivity contribution >= 4 is 62.7 Å². The topological polar surface area (TPSA) is 114 Å². The number of hydrogen-bond donors (Lipinski definition) is 2. The van der Waals surface area contributed by atoms with Crippen LogP contribution < -0.4 is 15.4 Å². The van der Waals surface area contributed by atoms with Crippen molar-refractivity contribution < 1.29 is 19.1 Å². The van der Waals surface area contributed by atoms with E-state index in [0.29, 0.717) is 9.47 Å². The van der Waals surface area contributed by atoms with Gasteiger partial charge in [-0.1, -0.05) is 40.9 Å². The number of nitrogens with zero attached hydrogens (tertiary/aromatic N) is 3. The van der Waals surface area contributed by atoms with Gasteiger partial charge in [0.1, 0.15) is 5.75 Å². The van der Waals surface area contributed by atoms with Crippen molar-refractivity contribution in [1.82, 2.24) is 20.4 Å². The summed E-state index contributed by atoms with van der Waals surface area (Å²) in [7, 11) is 1.60. The predicted molar refractivity (Wildman–Crippen MR) is 109 cm³/mol. The zero-order chi connectivity index (χ0) is 19.9. The Morgan fingerprint density at radius 2 is 2.21 bits per heavy atom. The normalized spacial score (nSPS) is 13.7. The number of rotatable bonds is 9. The lowest BCUT2D eigenvalue weighted by Crippen LogP contribution is -2.38. The zero-order valence-electron chi connectivity index (χ0n) is 14.8. The van der Waals surface area contributed by atoms with Crippen LogP contribution in [-0.2, 0) is 9.59 Å². The minimum atomic E-state index is -0.265. The average Bonchev–Trinajstić information content (AvgIpc) is 3.27. The first kappa shape index (κ1) is 20.4. The molecule has 2 heterocycles. The first-order valence-corrected chi connectivity index (χ1v) is 10.9. The Morgan fingerprint density at radius 3 is 2.96 bits per heavy atom. The van der Waals surface area contributed by atoms with Crippen molar-refractivity contribution in [3.05, 3.63) is 24.3 Å². The number of imide groups is 1. The van der Waals surface area contributed by atoms with E-state index in [0.717, 1.165) is 28.1 Å². The molecular formula is C16H17N5O4S3. The molecule has 148 valence electrons. The van der Waals surface area contributed by atoms with Crippen molar-refractivity contribution in [3.63, 3.8) is 0 Å². The Labute approximate surface area is 173 Å². The number of carbonyl (C=O) groups excluding carboxylic acids is 3. The van der Waals surface area contributed by atoms with E-state index in [1.807, 2.05) is 24.3 Å². The van der Waals surface area contributed by atoms with Crippen LogP contribution in [-0.4, -0.2) is 63.9 Å². The highest BCUT2D eigenvalue weighted by atomic mass is 32.2. The number of nitrogens with one attached hydrogen (secondary N) is 2. The van der Waals surface area contributed by atoms with Gasteiger partial charge in [-0.3, -0.25) is 19.3 Å². The first-order valence-electron chi connectivity index (χ1n) is 8.16. The van der Waals surface area contributed by atoms with Crippen molar-refractivity contribution in [3.8, 4) is 5.75 Å². The molecule has 1 aromatic heterocycles. The van der Waals surface area contributed by atoms with Gasteiger partial charge in [0.25, 0.3) is 5.24 Å². The van der Waals surface area contributed by atoms with Gasteiger partial charge in [-0.05, 0) is 12.1 Å². The second-order valence-electron chi connectivity index (χ2n) is 5.47. The van der Waals surface area contributed by atoms with Crippen molar-refractivity contribution in [1.29, 1.82) is 0 Å². The molecule has 1 saturated heterocycles. The molecule has 1 fully saturated rings. The third-order valence-electron chi connectivity index (χ3n) is 3.55. The largest absolute Gasteiger partial charge is 0.497 e. The number of benzene rings is 1. The lowest BCUT2D eigenvalue weighted by molar-refractivity contribution is -0.125. The highest BCUT2D eigenvalue weighted by molar-refractivity contribution is 8.14. The zero-order valence-corrected chi connectivity index (χ0v) is 17.3. The minimum Gasteiger partial charge on any atom is -0.497 e. The number of hydrogen-bond acceptors (Lipinski definition) is 10. The summed E-state index contributed by atoms with van der Waals surface area (Å²) in [6.07, 6.45) is 0. The molecule has 0 unspecified atom stereocenters. The molecule has 1 aromatic carbocycles. The lowest BCUT2D eigenvalue weighted by atomic mass is 10.3. The van der Waals surface area contributed by atoms with Crippen LogP contribution in [0.2, 0.25) is 0 Å². The Balaban J connectivity index is 1.40. The van der Waals surface area contributed by atoms with Gasteiger partial charge in [-0.15, -0.1) is 10.2 Å². The van der Waals surface area contributed by atoms with Crippen molar-refractivity contribution in [2.75, 3.05) is 37.0 Å². The Bertz CT molecular complexity index is 859. The van der Waals surface area contributed by atoms with Crippen LogP contribution in [0.5, 0.6) is 5.75 Å². The third-order valence-corrected chi connectivity index (χ3v) is 6.38. The Hall–Kier alpha value is -2.31. The molecule has 28 heavy (non-hydrogen) atoms. The van der Waals surface area contributed by atoms with Crippen molar-refractivity contribution in [2.24, 2.45) is 0 Å². The number of ether oxygens (including phenoxy) is 1. The van der Waals surface area contributed by atoms with Crippen LogP contribution in [0.4, 0.5) is 15.6 Å².